The van der Waals surface area contributed by atoms with E-state index in [9.17, 15) is 0 Å². The summed E-state index contributed by atoms with van der Waals surface area (Å²) in [6.07, 6.45) is 15.1. The van der Waals surface area contributed by atoms with Gasteiger partial charge in [0.05, 0.1) is 5.69 Å². The van der Waals surface area contributed by atoms with Crippen LogP contribution in [0.25, 0.3) is 5.57 Å². The Kier molecular flexibility index (Phi) is 9.13. The molecule has 0 saturated carbocycles. The Bertz CT molecular complexity index is 1790. The first kappa shape index (κ1) is 30.4. The highest BCUT2D eigenvalue weighted by Crippen LogP contribution is 2.35. The molecule has 0 fully saturated rings. The van der Waals surface area contributed by atoms with Crippen LogP contribution in [0, 0.1) is 0 Å². The minimum atomic E-state index is -0.523. The second-order valence-electron chi connectivity index (χ2n) is 12.3. The summed E-state index contributed by atoms with van der Waals surface area (Å²) in [4.78, 5) is 14.7. The monoisotopic (exact) mass is 590 g/mol. The van der Waals surface area contributed by atoms with Crippen molar-refractivity contribution in [1.29, 1.82) is 0 Å². The lowest BCUT2D eigenvalue weighted by atomic mass is 9.77. The first-order chi connectivity index (χ1) is 21.9. The fourth-order valence-corrected chi connectivity index (χ4v) is 6.20. The van der Waals surface area contributed by atoms with Gasteiger partial charge in [0.25, 0.3) is 0 Å². The van der Waals surface area contributed by atoms with Crippen LogP contribution in [-0.2, 0) is 11.8 Å². The number of aromatic nitrogens is 1. The summed E-state index contributed by atoms with van der Waals surface area (Å²) in [5, 5.41) is 0. The summed E-state index contributed by atoms with van der Waals surface area (Å²) >= 11 is 0. The first-order valence-corrected chi connectivity index (χ1v) is 16.1. The van der Waals surface area contributed by atoms with Crippen molar-refractivity contribution in [2.45, 2.75) is 64.5 Å². The second-order valence-corrected chi connectivity index (χ2v) is 12.3. The van der Waals surface area contributed by atoms with Gasteiger partial charge in [0.2, 0.25) is 0 Å². The first-order valence-electron chi connectivity index (χ1n) is 16.1. The van der Waals surface area contributed by atoms with Crippen molar-refractivity contribution in [3.8, 4) is 0 Å². The maximum absolute atomic E-state index is 6.73. The number of aryl methyl sites for hydroxylation is 1. The van der Waals surface area contributed by atoms with Crippen LogP contribution in [-0.4, -0.2) is 16.5 Å². The normalized spacial score (nSPS) is 16.1. The van der Waals surface area contributed by atoms with E-state index in [0.717, 1.165) is 60.2 Å². The van der Waals surface area contributed by atoms with E-state index in [1.54, 1.807) is 0 Å². The van der Waals surface area contributed by atoms with E-state index < -0.39 is 6.17 Å². The van der Waals surface area contributed by atoms with Crippen molar-refractivity contribution in [1.82, 2.24) is 4.98 Å². The molecule has 226 valence electrons. The Morgan fingerprint density at radius 1 is 0.844 bits per heavy atom. The van der Waals surface area contributed by atoms with Crippen LogP contribution in [0.5, 0.6) is 0 Å². The molecule has 1 unspecified atom stereocenters. The summed E-state index contributed by atoms with van der Waals surface area (Å²) in [6.45, 7) is 6.68. The number of fused-ring (bicyclic) bond motifs is 1. The molecule has 0 aliphatic heterocycles. The van der Waals surface area contributed by atoms with Gasteiger partial charge in [-0.1, -0.05) is 130 Å². The van der Waals surface area contributed by atoms with Gasteiger partial charge in [-0.2, -0.15) is 0 Å². The maximum Gasteiger partial charge on any atom is 0.156 e. The smallest absolute Gasteiger partial charge is 0.156 e. The number of pyridine rings is 1. The van der Waals surface area contributed by atoms with E-state index in [1.807, 2.05) is 30.5 Å². The van der Waals surface area contributed by atoms with Crippen molar-refractivity contribution in [3.05, 3.63) is 166 Å². The van der Waals surface area contributed by atoms with E-state index in [1.165, 1.54) is 27.8 Å². The average molecular weight is 591 g/mol. The third kappa shape index (κ3) is 6.72. The van der Waals surface area contributed by atoms with E-state index in [4.69, 9.17) is 20.7 Å². The highest BCUT2D eigenvalue weighted by atomic mass is 15.0. The number of amidine groups is 1. The van der Waals surface area contributed by atoms with Crippen molar-refractivity contribution in [3.63, 3.8) is 0 Å². The van der Waals surface area contributed by atoms with Gasteiger partial charge in [0.15, 0.2) is 5.84 Å². The van der Waals surface area contributed by atoms with Crippen LogP contribution in [0.3, 0.4) is 0 Å². The SMILES string of the molecule is CCC(=NC(=NC(N)c1ccc(C(C)(C)c2ccc(C3=CCCc4cccnc43)cc2)cc1)C1=CCCC=C1)c1ccccc1. The Balaban J connectivity index is 1.24. The number of aliphatic imine (C=N–C) groups is 2. The van der Waals surface area contributed by atoms with E-state index in [-0.39, 0.29) is 5.41 Å². The lowest BCUT2D eigenvalue weighted by molar-refractivity contribution is 0.639. The standard InChI is InChI=1S/C41H42N4/c1-4-37(30-13-7-5-8-14-30)44-40(33-15-9-6-10-16-33)45-39(42)32-22-26-35(27-23-32)41(2,3)34-24-20-29(21-25-34)36-19-11-17-31-18-12-28-43-38(31)36/h5,7-9,12-16,18-28,39H,4,6,10-11,17,42H2,1-3H3. The van der Waals surface area contributed by atoms with E-state index >= 15 is 0 Å². The van der Waals surface area contributed by atoms with Crippen LogP contribution in [0.1, 0.15) is 91.7 Å². The third-order valence-electron chi connectivity index (χ3n) is 9.00. The predicted octanol–water partition coefficient (Wildman–Crippen LogP) is 9.32. The van der Waals surface area contributed by atoms with Gasteiger partial charge in [0.1, 0.15) is 6.17 Å². The predicted molar refractivity (Wildman–Crippen MR) is 189 cm³/mol. The van der Waals surface area contributed by atoms with Crippen molar-refractivity contribution in [2.75, 3.05) is 0 Å². The molecular weight excluding hydrogens is 548 g/mol. The topological polar surface area (TPSA) is 63.6 Å². The van der Waals surface area contributed by atoms with Gasteiger partial charge in [0, 0.05) is 28.5 Å². The Morgan fingerprint density at radius 3 is 2.27 bits per heavy atom. The molecule has 0 spiro atoms. The van der Waals surface area contributed by atoms with Gasteiger partial charge in [-0.3, -0.25) is 4.98 Å². The highest BCUT2D eigenvalue weighted by Gasteiger charge is 2.24. The van der Waals surface area contributed by atoms with Gasteiger partial charge in [-0.15, -0.1) is 0 Å². The molecular formula is C41H42N4. The van der Waals surface area contributed by atoms with Gasteiger partial charge >= 0.3 is 0 Å². The number of hydrogen-bond donors (Lipinski definition) is 1. The molecule has 6 rings (SSSR count). The molecule has 1 atom stereocenters. The molecule has 45 heavy (non-hydrogen) atoms. The maximum atomic E-state index is 6.73. The van der Waals surface area contributed by atoms with Crippen LogP contribution in [0.15, 0.2) is 137 Å². The van der Waals surface area contributed by atoms with Gasteiger partial charge in [-0.25, -0.2) is 9.98 Å². The van der Waals surface area contributed by atoms with Crippen LogP contribution < -0.4 is 5.73 Å². The molecule has 1 heterocycles. The molecule has 2 aliphatic rings. The Morgan fingerprint density at radius 2 is 1.58 bits per heavy atom. The molecule has 0 amide bonds. The molecule has 2 aliphatic carbocycles. The molecule has 2 N–H and O–H groups in total. The lowest BCUT2D eigenvalue weighted by Crippen LogP contribution is -2.19. The van der Waals surface area contributed by atoms with Crippen LogP contribution >= 0.6 is 0 Å². The quantitative estimate of drug-likeness (QED) is 0.164. The molecule has 3 aromatic carbocycles. The Hall–Kier alpha value is -4.67. The molecule has 0 radical (unpaired) electrons. The number of benzene rings is 3. The second kappa shape index (κ2) is 13.5. The zero-order valence-corrected chi connectivity index (χ0v) is 26.6. The largest absolute Gasteiger partial charge is 0.306 e. The Labute approximate surface area is 267 Å². The van der Waals surface area contributed by atoms with E-state index in [2.05, 4.69) is 112 Å². The molecule has 4 heteroatoms. The summed E-state index contributed by atoms with van der Waals surface area (Å²) in [7, 11) is 0. The van der Waals surface area contributed by atoms with E-state index in [0.29, 0.717) is 5.84 Å². The van der Waals surface area contributed by atoms with Crippen molar-refractivity contribution >= 4 is 17.1 Å². The summed E-state index contributed by atoms with van der Waals surface area (Å²) in [6, 6.07) is 32.1. The van der Waals surface area contributed by atoms with Gasteiger partial charge < -0.3 is 5.73 Å². The molecule has 0 bridgehead atoms. The van der Waals surface area contributed by atoms with Crippen molar-refractivity contribution in [2.24, 2.45) is 15.7 Å². The fourth-order valence-electron chi connectivity index (χ4n) is 6.20. The lowest BCUT2D eigenvalue weighted by Gasteiger charge is -2.27. The average Bonchev–Trinajstić information content (AvgIpc) is 3.10. The minimum absolute atomic E-state index is 0.180. The zero-order valence-electron chi connectivity index (χ0n) is 26.6. The van der Waals surface area contributed by atoms with Crippen LogP contribution in [0.2, 0.25) is 0 Å². The molecule has 0 saturated heterocycles. The highest BCUT2D eigenvalue weighted by molar-refractivity contribution is 6.13. The summed E-state index contributed by atoms with van der Waals surface area (Å²) < 4.78 is 0. The minimum Gasteiger partial charge on any atom is -0.306 e. The number of nitrogens with two attached hydrogens (primary N) is 1. The van der Waals surface area contributed by atoms with Crippen molar-refractivity contribution < 1.29 is 0 Å². The number of nitrogens with zero attached hydrogens (tertiary/aromatic N) is 3. The zero-order chi connectivity index (χ0) is 31.2. The summed E-state index contributed by atoms with van der Waals surface area (Å²) in [5.74, 6) is 0.689. The fraction of sp³-hybridized carbons (Fsp3) is 0.244. The third-order valence-corrected chi connectivity index (χ3v) is 9.00. The molecule has 4 aromatic rings. The number of hydrogen-bond acceptors (Lipinski definition) is 3. The molecule has 1 aromatic heterocycles. The number of rotatable bonds is 8. The van der Waals surface area contributed by atoms with Crippen LogP contribution in [0.4, 0.5) is 0 Å². The molecule has 4 nitrogen and oxygen atoms in total. The number of allylic oxidation sites excluding steroid dienone is 3. The summed E-state index contributed by atoms with van der Waals surface area (Å²) in [5.41, 5.74) is 18.0. The van der Waals surface area contributed by atoms with Gasteiger partial charge in [-0.05, 0) is 71.6 Å².